The molecule has 1 aliphatic carbocycles. The molecule has 3 rings (SSSR count). The Morgan fingerprint density at radius 3 is 2.88 bits per heavy atom. The van der Waals surface area contributed by atoms with Crippen molar-refractivity contribution in [2.75, 3.05) is 0 Å². The van der Waals surface area contributed by atoms with Gasteiger partial charge in [-0.3, -0.25) is 0 Å². The molecular formula is C10H8N2O2S2. The number of carboxylic acids is 1. The van der Waals surface area contributed by atoms with Crippen LogP contribution in [0.4, 0.5) is 0 Å². The maximum Gasteiger partial charge on any atom is 0.347 e. The molecule has 4 nitrogen and oxygen atoms in total. The lowest BCUT2D eigenvalue weighted by molar-refractivity contribution is 0.0700. The second-order valence-corrected chi connectivity index (χ2v) is 5.40. The van der Waals surface area contributed by atoms with Crippen molar-refractivity contribution in [3.63, 3.8) is 0 Å². The average molecular weight is 252 g/mol. The van der Waals surface area contributed by atoms with Crippen molar-refractivity contribution in [1.29, 1.82) is 0 Å². The van der Waals surface area contributed by atoms with Crippen LogP contribution in [-0.4, -0.2) is 21.0 Å². The SMILES string of the molecule is O=C(O)c1sc(-c2cscn2)nc1C1CC1. The molecule has 0 atom stereocenters. The highest BCUT2D eigenvalue weighted by molar-refractivity contribution is 7.17. The van der Waals surface area contributed by atoms with Crippen molar-refractivity contribution < 1.29 is 9.90 Å². The van der Waals surface area contributed by atoms with E-state index in [9.17, 15) is 4.79 Å². The van der Waals surface area contributed by atoms with Gasteiger partial charge >= 0.3 is 5.97 Å². The minimum Gasteiger partial charge on any atom is -0.477 e. The molecule has 82 valence electrons. The number of aromatic carboxylic acids is 1. The van der Waals surface area contributed by atoms with E-state index in [2.05, 4.69) is 9.97 Å². The third kappa shape index (κ3) is 1.64. The number of hydrogen-bond acceptors (Lipinski definition) is 5. The highest BCUT2D eigenvalue weighted by Gasteiger charge is 2.32. The molecule has 16 heavy (non-hydrogen) atoms. The van der Waals surface area contributed by atoms with E-state index >= 15 is 0 Å². The average Bonchev–Trinajstić information content (AvgIpc) is 2.83. The smallest absolute Gasteiger partial charge is 0.347 e. The number of nitrogens with zero attached hydrogens (tertiary/aromatic N) is 2. The number of thiazole rings is 2. The van der Waals surface area contributed by atoms with Crippen LogP contribution in [0.2, 0.25) is 0 Å². The monoisotopic (exact) mass is 252 g/mol. The Labute approximate surface area is 99.6 Å². The van der Waals surface area contributed by atoms with Gasteiger partial charge in [-0.2, -0.15) is 0 Å². The summed E-state index contributed by atoms with van der Waals surface area (Å²) in [6, 6.07) is 0. The second kappa shape index (κ2) is 3.64. The van der Waals surface area contributed by atoms with E-state index in [1.165, 1.54) is 22.7 Å². The van der Waals surface area contributed by atoms with Gasteiger partial charge in [0, 0.05) is 11.3 Å². The zero-order valence-corrected chi connectivity index (χ0v) is 9.85. The lowest BCUT2D eigenvalue weighted by Gasteiger charge is -1.91. The Bertz CT molecular complexity index is 529. The molecule has 0 amide bonds. The molecule has 0 aromatic carbocycles. The fourth-order valence-corrected chi connectivity index (χ4v) is 3.12. The molecule has 2 aromatic rings. The van der Waals surface area contributed by atoms with E-state index in [1.807, 2.05) is 5.38 Å². The quantitative estimate of drug-likeness (QED) is 0.912. The van der Waals surface area contributed by atoms with Crippen LogP contribution < -0.4 is 0 Å². The predicted molar refractivity (Wildman–Crippen MR) is 62.2 cm³/mol. The number of carboxylic acid groups (broad SMARTS) is 1. The Balaban J connectivity index is 2.08. The molecule has 0 aliphatic heterocycles. The summed E-state index contributed by atoms with van der Waals surface area (Å²) >= 11 is 2.72. The van der Waals surface area contributed by atoms with Crippen LogP contribution in [0.1, 0.15) is 34.1 Å². The molecular weight excluding hydrogens is 244 g/mol. The number of rotatable bonds is 3. The second-order valence-electron chi connectivity index (χ2n) is 3.69. The minimum atomic E-state index is -0.874. The summed E-state index contributed by atoms with van der Waals surface area (Å²) in [6.45, 7) is 0. The van der Waals surface area contributed by atoms with Gasteiger partial charge in [0.2, 0.25) is 0 Å². The third-order valence-corrected chi connectivity index (χ3v) is 4.13. The van der Waals surface area contributed by atoms with Crippen LogP contribution in [-0.2, 0) is 0 Å². The summed E-state index contributed by atoms with van der Waals surface area (Å²) in [5.41, 5.74) is 3.26. The Morgan fingerprint density at radius 2 is 2.31 bits per heavy atom. The lowest BCUT2D eigenvalue weighted by Crippen LogP contribution is -1.97. The van der Waals surface area contributed by atoms with E-state index in [-0.39, 0.29) is 0 Å². The largest absolute Gasteiger partial charge is 0.477 e. The van der Waals surface area contributed by atoms with Crippen molar-refractivity contribution in [1.82, 2.24) is 9.97 Å². The first-order chi connectivity index (χ1) is 7.75. The first-order valence-corrected chi connectivity index (χ1v) is 6.64. The molecule has 1 fully saturated rings. The summed E-state index contributed by atoms with van der Waals surface area (Å²) < 4.78 is 0. The minimum absolute atomic E-state index is 0.356. The highest BCUT2D eigenvalue weighted by Crippen LogP contribution is 2.44. The lowest BCUT2D eigenvalue weighted by atomic mass is 10.2. The Morgan fingerprint density at radius 1 is 1.50 bits per heavy atom. The predicted octanol–water partition coefficient (Wildman–Crippen LogP) is 2.84. The summed E-state index contributed by atoms with van der Waals surface area (Å²) in [7, 11) is 0. The van der Waals surface area contributed by atoms with Crippen molar-refractivity contribution >= 4 is 28.6 Å². The van der Waals surface area contributed by atoms with Gasteiger partial charge in [0.15, 0.2) is 0 Å². The molecule has 0 unspecified atom stereocenters. The first-order valence-electron chi connectivity index (χ1n) is 4.88. The molecule has 0 spiro atoms. The molecule has 6 heteroatoms. The van der Waals surface area contributed by atoms with Gasteiger partial charge in [-0.05, 0) is 12.8 Å². The van der Waals surface area contributed by atoms with Gasteiger partial charge in [-0.15, -0.1) is 22.7 Å². The van der Waals surface area contributed by atoms with Crippen molar-refractivity contribution in [3.8, 4) is 10.7 Å². The van der Waals surface area contributed by atoms with Crippen LogP contribution in [0.15, 0.2) is 10.9 Å². The van der Waals surface area contributed by atoms with Gasteiger partial charge in [0.1, 0.15) is 15.6 Å². The molecule has 1 aliphatic rings. The summed E-state index contributed by atoms with van der Waals surface area (Å²) in [5, 5.41) is 11.7. The topological polar surface area (TPSA) is 63.1 Å². The normalized spacial score (nSPS) is 15.2. The third-order valence-electron chi connectivity index (χ3n) is 2.46. The summed E-state index contributed by atoms with van der Waals surface area (Å²) in [5.74, 6) is -0.518. The number of hydrogen-bond donors (Lipinski definition) is 1. The van der Waals surface area contributed by atoms with E-state index in [1.54, 1.807) is 5.51 Å². The fraction of sp³-hybridized carbons (Fsp3) is 0.300. The molecule has 0 radical (unpaired) electrons. The van der Waals surface area contributed by atoms with Crippen LogP contribution in [0.25, 0.3) is 10.7 Å². The first kappa shape index (κ1) is 9.92. The van der Waals surface area contributed by atoms with Crippen molar-refractivity contribution in [2.45, 2.75) is 18.8 Å². The molecule has 2 heterocycles. The molecule has 1 N–H and O–H groups in total. The van der Waals surface area contributed by atoms with Gasteiger partial charge in [0.05, 0.1) is 11.2 Å². The standard InChI is InChI=1S/C10H8N2O2S2/c13-10(14)8-7(5-1-2-5)12-9(16-8)6-3-15-4-11-6/h3-5H,1-2H2,(H,13,14). The fourth-order valence-electron chi connectivity index (χ4n) is 1.55. The zero-order valence-electron chi connectivity index (χ0n) is 8.21. The highest BCUT2D eigenvalue weighted by atomic mass is 32.1. The molecule has 2 aromatic heterocycles. The zero-order chi connectivity index (χ0) is 11.1. The van der Waals surface area contributed by atoms with Crippen molar-refractivity contribution in [2.24, 2.45) is 0 Å². The van der Waals surface area contributed by atoms with Gasteiger partial charge in [0.25, 0.3) is 0 Å². The molecule has 0 bridgehead atoms. The number of carbonyl (C=O) groups is 1. The Hall–Kier alpha value is -1.27. The van der Waals surface area contributed by atoms with Crippen LogP contribution in [0, 0.1) is 0 Å². The van der Waals surface area contributed by atoms with Crippen LogP contribution >= 0.6 is 22.7 Å². The maximum absolute atomic E-state index is 11.1. The van der Waals surface area contributed by atoms with E-state index in [0.29, 0.717) is 10.8 Å². The van der Waals surface area contributed by atoms with Gasteiger partial charge in [-0.1, -0.05) is 0 Å². The van der Waals surface area contributed by atoms with Crippen LogP contribution in [0.5, 0.6) is 0 Å². The molecule has 0 saturated heterocycles. The van der Waals surface area contributed by atoms with E-state index < -0.39 is 5.97 Å². The number of aromatic nitrogens is 2. The Kier molecular flexibility index (Phi) is 2.26. The van der Waals surface area contributed by atoms with Gasteiger partial charge < -0.3 is 5.11 Å². The summed E-state index contributed by atoms with van der Waals surface area (Å²) in [4.78, 5) is 20.0. The van der Waals surface area contributed by atoms with Crippen LogP contribution in [0.3, 0.4) is 0 Å². The van der Waals surface area contributed by atoms with Gasteiger partial charge in [-0.25, -0.2) is 14.8 Å². The van der Waals surface area contributed by atoms with E-state index in [4.69, 9.17) is 5.11 Å². The molecule has 1 saturated carbocycles. The van der Waals surface area contributed by atoms with Crippen molar-refractivity contribution in [3.05, 3.63) is 21.5 Å². The maximum atomic E-state index is 11.1. The van der Waals surface area contributed by atoms with E-state index in [0.717, 1.165) is 29.2 Å². The summed E-state index contributed by atoms with van der Waals surface area (Å²) in [6.07, 6.45) is 2.11.